The van der Waals surface area contributed by atoms with Crippen molar-refractivity contribution in [2.75, 3.05) is 13.2 Å². The van der Waals surface area contributed by atoms with E-state index in [0.717, 1.165) is 19.6 Å². The van der Waals surface area contributed by atoms with Crippen LogP contribution in [0, 0.1) is 5.92 Å². The lowest BCUT2D eigenvalue weighted by Gasteiger charge is -2.20. The standard InChI is InChI=1S/C13H29NO/c1-6-8-11(3)10-15-13(5)9-12(4)14-7-2/h11-14H,6-10H2,1-5H3. The smallest absolute Gasteiger partial charge is 0.0561 e. The molecule has 0 saturated carbocycles. The molecule has 0 aromatic rings. The lowest BCUT2D eigenvalue weighted by atomic mass is 10.1. The molecule has 0 bridgehead atoms. The lowest BCUT2D eigenvalue weighted by molar-refractivity contribution is 0.0322. The van der Waals surface area contributed by atoms with Crippen LogP contribution in [-0.2, 0) is 4.74 Å². The molecule has 3 atom stereocenters. The molecule has 0 rings (SSSR count). The van der Waals surface area contributed by atoms with Crippen LogP contribution < -0.4 is 5.32 Å². The summed E-state index contributed by atoms with van der Waals surface area (Å²) in [6.45, 7) is 13.0. The maximum atomic E-state index is 5.83. The van der Waals surface area contributed by atoms with E-state index in [1.807, 2.05) is 0 Å². The van der Waals surface area contributed by atoms with Crippen molar-refractivity contribution in [3.05, 3.63) is 0 Å². The van der Waals surface area contributed by atoms with E-state index in [4.69, 9.17) is 4.74 Å². The Hall–Kier alpha value is -0.0800. The fraction of sp³-hybridized carbons (Fsp3) is 1.00. The van der Waals surface area contributed by atoms with Crippen molar-refractivity contribution in [1.29, 1.82) is 0 Å². The van der Waals surface area contributed by atoms with Crippen molar-refractivity contribution in [2.45, 2.75) is 66.0 Å². The van der Waals surface area contributed by atoms with E-state index in [0.29, 0.717) is 18.1 Å². The quantitative estimate of drug-likeness (QED) is 0.637. The molecular formula is C13H29NO. The van der Waals surface area contributed by atoms with Crippen molar-refractivity contribution < 1.29 is 4.74 Å². The summed E-state index contributed by atoms with van der Waals surface area (Å²) in [5.74, 6) is 0.701. The van der Waals surface area contributed by atoms with Crippen LogP contribution in [0.1, 0.15) is 53.9 Å². The third-order valence-electron chi connectivity index (χ3n) is 2.68. The Balaban J connectivity index is 3.51. The van der Waals surface area contributed by atoms with Gasteiger partial charge in [-0.05, 0) is 39.2 Å². The van der Waals surface area contributed by atoms with Crippen LogP contribution in [0.3, 0.4) is 0 Å². The molecule has 0 aliphatic heterocycles. The Morgan fingerprint density at radius 3 is 2.33 bits per heavy atom. The number of ether oxygens (including phenoxy) is 1. The molecule has 15 heavy (non-hydrogen) atoms. The summed E-state index contributed by atoms with van der Waals surface area (Å²) in [5.41, 5.74) is 0. The predicted molar refractivity (Wildman–Crippen MR) is 67.2 cm³/mol. The molecule has 2 nitrogen and oxygen atoms in total. The van der Waals surface area contributed by atoms with Crippen molar-refractivity contribution in [3.63, 3.8) is 0 Å². The summed E-state index contributed by atoms with van der Waals surface area (Å²) < 4.78 is 5.83. The largest absolute Gasteiger partial charge is 0.378 e. The number of hydrogen-bond donors (Lipinski definition) is 1. The minimum absolute atomic E-state index is 0.373. The zero-order chi connectivity index (χ0) is 11.7. The highest BCUT2D eigenvalue weighted by atomic mass is 16.5. The molecule has 0 spiro atoms. The first-order chi connectivity index (χ1) is 7.10. The first kappa shape index (κ1) is 14.9. The van der Waals surface area contributed by atoms with Crippen LogP contribution >= 0.6 is 0 Å². The highest BCUT2D eigenvalue weighted by Crippen LogP contribution is 2.09. The summed E-state index contributed by atoms with van der Waals surface area (Å²) in [4.78, 5) is 0. The average Bonchev–Trinajstić information content (AvgIpc) is 2.15. The van der Waals surface area contributed by atoms with Gasteiger partial charge in [0.15, 0.2) is 0 Å². The van der Waals surface area contributed by atoms with Crippen LogP contribution in [0.25, 0.3) is 0 Å². The van der Waals surface area contributed by atoms with Gasteiger partial charge in [-0.1, -0.05) is 27.2 Å². The Bertz CT molecular complexity index is 138. The molecule has 3 unspecified atom stereocenters. The monoisotopic (exact) mass is 215 g/mol. The fourth-order valence-electron chi connectivity index (χ4n) is 1.90. The first-order valence-corrected chi connectivity index (χ1v) is 6.45. The Morgan fingerprint density at radius 1 is 1.13 bits per heavy atom. The van der Waals surface area contributed by atoms with Crippen LogP contribution in [-0.4, -0.2) is 25.3 Å². The number of hydrogen-bond acceptors (Lipinski definition) is 2. The normalized spacial score (nSPS) is 17.4. The van der Waals surface area contributed by atoms with Gasteiger partial charge in [-0.2, -0.15) is 0 Å². The highest BCUT2D eigenvalue weighted by molar-refractivity contribution is 4.64. The van der Waals surface area contributed by atoms with Gasteiger partial charge in [0.2, 0.25) is 0 Å². The molecule has 0 fully saturated rings. The molecule has 0 aromatic heterocycles. The molecule has 0 aliphatic rings. The molecule has 0 radical (unpaired) electrons. The molecule has 2 heteroatoms. The van der Waals surface area contributed by atoms with Gasteiger partial charge in [-0.15, -0.1) is 0 Å². The molecule has 0 amide bonds. The summed E-state index contributed by atoms with van der Waals surface area (Å²) in [5, 5.41) is 3.41. The topological polar surface area (TPSA) is 21.3 Å². The average molecular weight is 215 g/mol. The molecule has 0 aromatic carbocycles. The third-order valence-corrected chi connectivity index (χ3v) is 2.68. The Kier molecular flexibility index (Phi) is 9.12. The van der Waals surface area contributed by atoms with Gasteiger partial charge >= 0.3 is 0 Å². The van der Waals surface area contributed by atoms with Gasteiger partial charge in [0.05, 0.1) is 6.10 Å². The summed E-state index contributed by atoms with van der Waals surface area (Å²) >= 11 is 0. The van der Waals surface area contributed by atoms with Crippen LogP contribution in [0.4, 0.5) is 0 Å². The van der Waals surface area contributed by atoms with Crippen LogP contribution in [0.5, 0.6) is 0 Å². The van der Waals surface area contributed by atoms with E-state index in [9.17, 15) is 0 Å². The summed E-state index contributed by atoms with van der Waals surface area (Å²) in [6.07, 6.45) is 4.01. The third kappa shape index (κ3) is 8.88. The fourth-order valence-corrected chi connectivity index (χ4v) is 1.90. The maximum Gasteiger partial charge on any atom is 0.0561 e. The van der Waals surface area contributed by atoms with Crippen molar-refractivity contribution in [2.24, 2.45) is 5.92 Å². The Labute approximate surface area is 95.8 Å². The van der Waals surface area contributed by atoms with E-state index in [-0.39, 0.29) is 0 Å². The minimum atomic E-state index is 0.373. The van der Waals surface area contributed by atoms with Crippen molar-refractivity contribution in [3.8, 4) is 0 Å². The first-order valence-electron chi connectivity index (χ1n) is 6.45. The second-order valence-electron chi connectivity index (χ2n) is 4.73. The molecule has 0 saturated heterocycles. The van der Waals surface area contributed by atoms with E-state index >= 15 is 0 Å². The number of nitrogens with one attached hydrogen (secondary N) is 1. The second-order valence-corrected chi connectivity index (χ2v) is 4.73. The van der Waals surface area contributed by atoms with Gasteiger partial charge in [0, 0.05) is 12.6 Å². The van der Waals surface area contributed by atoms with Gasteiger partial charge in [-0.25, -0.2) is 0 Å². The van der Waals surface area contributed by atoms with E-state index in [1.54, 1.807) is 0 Å². The molecular weight excluding hydrogens is 186 g/mol. The zero-order valence-corrected chi connectivity index (χ0v) is 11.2. The van der Waals surface area contributed by atoms with Crippen molar-refractivity contribution >= 4 is 0 Å². The number of rotatable bonds is 9. The minimum Gasteiger partial charge on any atom is -0.378 e. The highest BCUT2D eigenvalue weighted by Gasteiger charge is 2.09. The van der Waals surface area contributed by atoms with Gasteiger partial charge in [0.25, 0.3) is 0 Å². The van der Waals surface area contributed by atoms with Crippen LogP contribution in [0.15, 0.2) is 0 Å². The van der Waals surface area contributed by atoms with E-state index in [2.05, 4.69) is 39.9 Å². The van der Waals surface area contributed by atoms with Crippen molar-refractivity contribution in [1.82, 2.24) is 5.32 Å². The van der Waals surface area contributed by atoms with Gasteiger partial charge < -0.3 is 10.1 Å². The second kappa shape index (κ2) is 9.17. The Morgan fingerprint density at radius 2 is 1.80 bits per heavy atom. The van der Waals surface area contributed by atoms with Gasteiger partial charge in [-0.3, -0.25) is 0 Å². The van der Waals surface area contributed by atoms with E-state index in [1.165, 1.54) is 12.8 Å². The summed E-state index contributed by atoms with van der Waals surface area (Å²) in [6, 6.07) is 0.562. The predicted octanol–water partition coefficient (Wildman–Crippen LogP) is 3.22. The summed E-state index contributed by atoms with van der Waals surface area (Å²) in [7, 11) is 0. The van der Waals surface area contributed by atoms with Gasteiger partial charge in [0.1, 0.15) is 0 Å². The molecule has 0 heterocycles. The zero-order valence-electron chi connectivity index (χ0n) is 11.2. The molecule has 1 N–H and O–H groups in total. The molecule has 0 aliphatic carbocycles. The molecule has 92 valence electrons. The van der Waals surface area contributed by atoms with Crippen LogP contribution in [0.2, 0.25) is 0 Å². The SMILES string of the molecule is CCCC(C)COC(C)CC(C)NCC. The van der Waals surface area contributed by atoms with E-state index < -0.39 is 0 Å². The maximum absolute atomic E-state index is 5.83. The lowest BCUT2D eigenvalue weighted by Crippen LogP contribution is -2.30.